The molecule has 0 aliphatic heterocycles. The summed E-state index contributed by atoms with van der Waals surface area (Å²) in [5.74, 6) is -3.06. The Morgan fingerprint density at radius 3 is 2.43 bits per heavy atom. The summed E-state index contributed by atoms with van der Waals surface area (Å²) in [6.45, 7) is 4.71. The van der Waals surface area contributed by atoms with Crippen LogP contribution in [0.15, 0.2) is 48.5 Å². The average molecular weight is 630 g/mol. The molecule has 11 nitrogen and oxygen atoms in total. The second-order valence-electron chi connectivity index (χ2n) is 10.7. The van der Waals surface area contributed by atoms with Gasteiger partial charge in [-0.25, -0.2) is 9.36 Å². The van der Waals surface area contributed by atoms with Gasteiger partial charge in [-0.15, -0.1) is 0 Å². The summed E-state index contributed by atoms with van der Waals surface area (Å²) >= 11 is 0. The van der Waals surface area contributed by atoms with E-state index in [0.717, 1.165) is 12.8 Å². The van der Waals surface area contributed by atoms with Gasteiger partial charge in [0.25, 0.3) is 0 Å². The van der Waals surface area contributed by atoms with E-state index in [0.29, 0.717) is 29.5 Å². The van der Waals surface area contributed by atoms with Crippen LogP contribution >= 0.6 is 7.60 Å². The van der Waals surface area contributed by atoms with Gasteiger partial charge in [-0.1, -0.05) is 30.3 Å². The lowest BCUT2D eigenvalue weighted by Crippen LogP contribution is -2.32. The lowest BCUT2D eigenvalue weighted by molar-refractivity contribution is -0.150. The number of ether oxygens (including phenoxy) is 1. The molecule has 0 radical (unpaired) electrons. The molecule has 0 saturated heterocycles. The van der Waals surface area contributed by atoms with E-state index in [4.69, 9.17) is 18.9 Å². The first-order valence-electron chi connectivity index (χ1n) is 14.8. The minimum Gasteiger partial charge on any atom is -0.481 e. The molecule has 0 spiro atoms. The highest BCUT2D eigenvalue weighted by atomic mass is 31.2. The van der Waals surface area contributed by atoms with Gasteiger partial charge in [0.1, 0.15) is 11.5 Å². The van der Waals surface area contributed by atoms with Gasteiger partial charge in [-0.05, 0) is 69.4 Å². The van der Waals surface area contributed by atoms with E-state index in [1.807, 2.05) is 0 Å². The van der Waals surface area contributed by atoms with Crippen LogP contribution in [0.2, 0.25) is 0 Å². The molecule has 1 fully saturated rings. The highest BCUT2D eigenvalue weighted by molar-refractivity contribution is 7.54. The smallest absolute Gasteiger partial charge is 0.381 e. The molecule has 4 atom stereocenters. The number of para-hydroxylation sites is 1. The summed E-state index contributed by atoms with van der Waals surface area (Å²) in [5, 5.41) is 11.8. The summed E-state index contributed by atoms with van der Waals surface area (Å²) in [6, 6.07) is 13.4. The minimum atomic E-state index is -3.93. The fourth-order valence-corrected chi connectivity index (χ4v) is 6.59. The molecule has 0 heterocycles. The van der Waals surface area contributed by atoms with Crippen molar-refractivity contribution in [2.45, 2.75) is 71.3 Å². The number of amides is 1. The molecular weight excluding hydrogens is 589 g/mol. The van der Waals surface area contributed by atoms with Crippen molar-refractivity contribution < 1.29 is 47.4 Å². The molecule has 1 aliphatic carbocycles. The number of hydrogen-bond acceptors (Lipinski definition) is 9. The van der Waals surface area contributed by atoms with E-state index in [1.54, 1.807) is 62.4 Å². The zero-order valence-corrected chi connectivity index (χ0v) is 26.2. The molecule has 2 aromatic carbocycles. The van der Waals surface area contributed by atoms with Crippen molar-refractivity contribution in [3.8, 4) is 5.75 Å². The number of aliphatic carboxylic acids is 1. The molecule has 3 rings (SSSR count). The molecule has 2 N–H and O–H groups in total. The Bertz CT molecular complexity index is 1390. The number of rotatable bonds is 17. The molecular formula is C32H40NO10P. The molecule has 238 valence electrons. The monoisotopic (exact) mass is 629 g/mol. The van der Waals surface area contributed by atoms with Crippen LogP contribution < -0.4 is 9.84 Å². The Kier molecular flexibility index (Phi) is 12.8. The molecule has 1 amide bonds. The summed E-state index contributed by atoms with van der Waals surface area (Å²) < 4.78 is 29.8. The maximum atomic E-state index is 13.6. The lowest BCUT2D eigenvalue weighted by atomic mass is 9.88. The van der Waals surface area contributed by atoms with Crippen LogP contribution in [-0.2, 0) is 39.4 Å². The summed E-state index contributed by atoms with van der Waals surface area (Å²) in [5.41, 5.74) is 1.49. The third kappa shape index (κ3) is 10.1. The number of hydrogen-bond donors (Lipinski definition) is 2. The Morgan fingerprint density at radius 2 is 1.80 bits per heavy atom. The van der Waals surface area contributed by atoms with Gasteiger partial charge in [0.05, 0.1) is 25.1 Å². The van der Waals surface area contributed by atoms with Gasteiger partial charge in [-0.3, -0.25) is 23.7 Å². The van der Waals surface area contributed by atoms with Crippen LogP contribution in [0.4, 0.5) is 0 Å². The maximum Gasteiger partial charge on any atom is 0.381 e. The van der Waals surface area contributed by atoms with Gasteiger partial charge in [0.15, 0.2) is 11.9 Å². The van der Waals surface area contributed by atoms with Crippen molar-refractivity contribution in [1.29, 1.82) is 0 Å². The van der Waals surface area contributed by atoms with E-state index in [2.05, 4.69) is 5.32 Å². The first kappa shape index (κ1) is 34.7. The molecule has 2 aromatic rings. The minimum absolute atomic E-state index is 0.102. The Hall–Kier alpha value is -3.82. The third-order valence-electron chi connectivity index (χ3n) is 7.40. The molecule has 44 heavy (non-hydrogen) atoms. The normalized spacial score (nSPS) is 17.2. The lowest BCUT2D eigenvalue weighted by Gasteiger charge is -2.23. The molecule has 1 aliphatic rings. The number of carbonyl (C=O) groups excluding carboxylic acids is 4. The third-order valence-corrected chi connectivity index (χ3v) is 9.30. The van der Waals surface area contributed by atoms with Gasteiger partial charge < -0.3 is 19.7 Å². The number of carboxylic acids is 1. The number of esters is 1. The predicted octanol–water partition coefficient (Wildman–Crippen LogP) is 5.11. The number of carbonyl (C=O) groups is 5. The summed E-state index contributed by atoms with van der Waals surface area (Å²) in [4.78, 5) is 61.7. The largest absolute Gasteiger partial charge is 0.481 e. The Labute approximate surface area is 257 Å². The number of nitrogens with one attached hydrogen (secondary N) is 1. The van der Waals surface area contributed by atoms with Gasteiger partial charge in [0.2, 0.25) is 5.91 Å². The van der Waals surface area contributed by atoms with E-state index in [1.165, 1.54) is 6.92 Å². The maximum absolute atomic E-state index is 13.6. The second-order valence-corrected chi connectivity index (χ2v) is 12.8. The molecule has 0 aromatic heterocycles. The van der Waals surface area contributed by atoms with Gasteiger partial charge in [-0.2, -0.15) is 0 Å². The molecule has 0 bridgehead atoms. The Morgan fingerprint density at radius 1 is 1.07 bits per heavy atom. The van der Waals surface area contributed by atoms with Crippen molar-refractivity contribution in [2.75, 3.05) is 19.3 Å². The van der Waals surface area contributed by atoms with Gasteiger partial charge in [0, 0.05) is 30.9 Å². The molecule has 3 unspecified atom stereocenters. The first-order chi connectivity index (χ1) is 20.9. The van der Waals surface area contributed by atoms with Crippen LogP contribution in [0.25, 0.3) is 0 Å². The first-order valence-corrected chi connectivity index (χ1v) is 16.5. The topological polar surface area (TPSA) is 162 Å². The van der Waals surface area contributed by atoms with Crippen LogP contribution in [-0.4, -0.2) is 59.9 Å². The highest BCUT2D eigenvalue weighted by Gasteiger charge is 2.33. The zero-order chi connectivity index (χ0) is 32.3. The molecule has 12 heteroatoms. The van der Waals surface area contributed by atoms with Crippen molar-refractivity contribution in [3.63, 3.8) is 0 Å². The highest BCUT2D eigenvalue weighted by Crippen LogP contribution is 2.49. The van der Waals surface area contributed by atoms with Crippen molar-refractivity contribution in [2.24, 2.45) is 5.92 Å². The van der Waals surface area contributed by atoms with Crippen molar-refractivity contribution in [1.82, 2.24) is 5.32 Å². The summed E-state index contributed by atoms with van der Waals surface area (Å²) in [6.07, 6.45) is 0.493. The standard InChI is InChI=1S/C32H40NO10P/c1-4-41-32(39)22(3)42-44(40,43-26-10-6-5-7-11-26)18-17-33-31(38)21(2)23-13-14-24(19-25-9-8-12-28(25)34)27(20-23)29(35)15-16-30(36)37/h5-7,10-11,13-14,20-22,25H,4,8-9,12,15-19H2,1-3H3,(H,33,38)(H,36,37)/t21?,22-,25?,44?/m0/s1. The van der Waals surface area contributed by atoms with Crippen LogP contribution in [0.1, 0.15) is 80.3 Å². The Balaban J connectivity index is 1.73. The predicted molar refractivity (Wildman–Crippen MR) is 162 cm³/mol. The van der Waals surface area contributed by atoms with Gasteiger partial charge >= 0.3 is 19.5 Å². The van der Waals surface area contributed by atoms with E-state index >= 15 is 0 Å². The number of ketones is 2. The van der Waals surface area contributed by atoms with Crippen LogP contribution in [0.5, 0.6) is 5.75 Å². The number of benzene rings is 2. The van der Waals surface area contributed by atoms with Crippen molar-refractivity contribution in [3.05, 3.63) is 65.2 Å². The fourth-order valence-electron chi connectivity index (χ4n) is 4.95. The zero-order valence-electron chi connectivity index (χ0n) is 25.3. The number of carboxylic acid groups (broad SMARTS) is 1. The van der Waals surface area contributed by atoms with E-state index in [9.17, 15) is 28.5 Å². The number of Topliss-reactive ketones (excluding diaryl/α,β-unsaturated/α-hetero) is 2. The fraction of sp³-hybridized carbons (Fsp3) is 0.469. The average Bonchev–Trinajstić information content (AvgIpc) is 3.39. The van der Waals surface area contributed by atoms with Crippen LogP contribution in [0, 0.1) is 5.92 Å². The summed E-state index contributed by atoms with van der Waals surface area (Å²) in [7, 11) is -3.93. The van der Waals surface area contributed by atoms with E-state index in [-0.39, 0.29) is 55.4 Å². The van der Waals surface area contributed by atoms with E-state index < -0.39 is 37.5 Å². The second kappa shape index (κ2) is 16.3. The quantitative estimate of drug-likeness (QED) is 0.137. The SMILES string of the molecule is CCOC(=O)[C@H](C)OP(=O)(CCNC(=O)C(C)c1ccc(CC2CCCC2=O)c(C(=O)CCC(=O)O)c1)Oc1ccccc1. The van der Waals surface area contributed by atoms with Crippen molar-refractivity contribution >= 4 is 37.0 Å². The van der Waals surface area contributed by atoms with Crippen LogP contribution in [0.3, 0.4) is 0 Å². The molecule has 1 saturated carbocycles.